The second-order valence-electron chi connectivity index (χ2n) is 3.86. The van der Waals surface area contributed by atoms with Crippen molar-refractivity contribution in [2.75, 3.05) is 5.73 Å². The van der Waals surface area contributed by atoms with Gasteiger partial charge in [0.2, 0.25) is 0 Å². The van der Waals surface area contributed by atoms with Crippen LogP contribution in [0.5, 0.6) is 0 Å². The maximum absolute atomic E-state index is 9.29. The smallest absolute Gasteiger partial charge is 0.127 e. The van der Waals surface area contributed by atoms with E-state index in [0.717, 1.165) is 11.4 Å². The molecule has 0 aliphatic carbocycles. The van der Waals surface area contributed by atoms with Gasteiger partial charge >= 0.3 is 0 Å². The molecule has 0 fully saturated rings. The van der Waals surface area contributed by atoms with E-state index in [-0.39, 0.29) is 0 Å². The maximum atomic E-state index is 9.29. The minimum atomic E-state index is -0.404. The molecule has 84 valence electrons. The van der Waals surface area contributed by atoms with E-state index in [1.807, 2.05) is 30.3 Å². The van der Waals surface area contributed by atoms with Crippen molar-refractivity contribution >= 4 is 5.82 Å². The molecule has 0 radical (unpaired) electrons. The van der Waals surface area contributed by atoms with Crippen LogP contribution in [0.25, 0.3) is 5.69 Å². The molecular formula is C12H15N3O. The minimum absolute atomic E-state index is 0.404. The second-order valence-corrected chi connectivity index (χ2v) is 3.86. The van der Waals surface area contributed by atoms with Crippen LogP contribution in [0, 0.1) is 0 Å². The Kier molecular flexibility index (Phi) is 2.92. The molecular weight excluding hydrogens is 202 g/mol. The van der Waals surface area contributed by atoms with Crippen LogP contribution < -0.4 is 5.73 Å². The molecule has 1 heterocycles. The van der Waals surface area contributed by atoms with Crippen molar-refractivity contribution in [2.24, 2.45) is 0 Å². The first-order valence-corrected chi connectivity index (χ1v) is 5.24. The third-order valence-corrected chi connectivity index (χ3v) is 2.29. The van der Waals surface area contributed by atoms with E-state index in [9.17, 15) is 5.11 Å². The van der Waals surface area contributed by atoms with Gasteiger partial charge < -0.3 is 10.8 Å². The fraction of sp³-hybridized carbons (Fsp3) is 0.250. The first kappa shape index (κ1) is 10.7. The number of nitrogen functional groups attached to an aromatic ring is 1. The van der Waals surface area contributed by atoms with Crippen LogP contribution in [0.2, 0.25) is 0 Å². The highest BCUT2D eigenvalue weighted by Crippen LogP contribution is 2.14. The Morgan fingerprint density at radius 3 is 2.69 bits per heavy atom. The van der Waals surface area contributed by atoms with Crippen LogP contribution >= 0.6 is 0 Å². The molecule has 0 aliphatic rings. The number of nitrogens with two attached hydrogens (primary N) is 1. The van der Waals surface area contributed by atoms with Crippen molar-refractivity contribution in [1.82, 2.24) is 9.78 Å². The quantitative estimate of drug-likeness (QED) is 0.816. The van der Waals surface area contributed by atoms with Crippen LogP contribution in [-0.2, 0) is 6.42 Å². The number of benzene rings is 1. The number of anilines is 1. The van der Waals surface area contributed by atoms with Gasteiger partial charge in [0, 0.05) is 12.5 Å². The van der Waals surface area contributed by atoms with E-state index in [2.05, 4.69) is 5.10 Å². The highest BCUT2D eigenvalue weighted by Gasteiger charge is 2.08. The van der Waals surface area contributed by atoms with Gasteiger partial charge in [0.05, 0.1) is 17.5 Å². The maximum Gasteiger partial charge on any atom is 0.127 e. The Morgan fingerprint density at radius 2 is 2.06 bits per heavy atom. The lowest BCUT2D eigenvalue weighted by Gasteiger charge is -2.03. The van der Waals surface area contributed by atoms with Gasteiger partial charge in [-0.2, -0.15) is 5.10 Å². The average Bonchev–Trinajstić information content (AvgIpc) is 2.60. The van der Waals surface area contributed by atoms with Gasteiger partial charge in [-0.15, -0.1) is 0 Å². The molecule has 3 N–H and O–H groups in total. The molecule has 1 aromatic heterocycles. The summed E-state index contributed by atoms with van der Waals surface area (Å²) in [6.07, 6.45) is 0.114. The minimum Gasteiger partial charge on any atom is -0.393 e. The highest BCUT2D eigenvalue weighted by atomic mass is 16.3. The zero-order valence-electron chi connectivity index (χ0n) is 9.17. The molecule has 2 rings (SSSR count). The summed E-state index contributed by atoms with van der Waals surface area (Å²) >= 11 is 0. The number of hydrogen-bond acceptors (Lipinski definition) is 3. The molecule has 4 heteroatoms. The largest absolute Gasteiger partial charge is 0.393 e. The van der Waals surface area contributed by atoms with Crippen LogP contribution in [0.1, 0.15) is 12.6 Å². The molecule has 0 unspecified atom stereocenters. The van der Waals surface area contributed by atoms with Gasteiger partial charge in [0.25, 0.3) is 0 Å². The number of rotatable bonds is 3. The van der Waals surface area contributed by atoms with E-state index >= 15 is 0 Å². The van der Waals surface area contributed by atoms with Gasteiger partial charge in [-0.25, -0.2) is 4.68 Å². The Bertz CT molecular complexity index is 462. The first-order valence-electron chi connectivity index (χ1n) is 5.24. The number of aliphatic hydroxyl groups is 1. The summed E-state index contributed by atoms with van der Waals surface area (Å²) < 4.78 is 1.68. The molecule has 16 heavy (non-hydrogen) atoms. The SMILES string of the molecule is C[C@H](O)Cc1cc(N)n(-c2ccccc2)n1. The fourth-order valence-corrected chi connectivity index (χ4v) is 1.63. The number of hydrogen-bond donors (Lipinski definition) is 2. The molecule has 0 saturated carbocycles. The Balaban J connectivity index is 2.32. The third kappa shape index (κ3) is 2.23. The van der Waals surface area contributed by atoms with Crippen LogP contribution in [0.15, 0.2) is 36.4 Å². The number of aromatic nitrogens is 2. The van der Waals surface area contributed by atoms with Crippen molar-refractivity contribution in [3.63, 3.8) is 0 Å². The summed E-state index contributed by atoms with van der Waals surface area (Å²) in [5.74, 6) is 0.585. The van der Waals surface area contributed by atoms with E-state index in [4.69, 9.17) is 5.73 Å². The van der Waals surface area contributed by atoms with Crippen molar-refractivity contribution < 1.29 is 5.11 Å². The summed E-state index contributed by atoms with van der Waals surface area (Å²) in [6, 6.07) is 11.5. The predicted octanol–water partition coefficient (Wildman–Crippen LogP) is 1.38. The van der Waals surface area contributed by atoms with Crippen molar-refractivity contribution in [1.29, 1.82) is 0 Å². The standard InChI is InChI=1S/C12H15N3O/c1-9(16)7-10-8-12(13)15(14-10)11-5-3-2-4-6-11/h2-6,8-9,16H,7,13H2,1H3/t9-/m0/s1. The Labute approximate surface area is 94.3 Å². The number of nitrogens with zero attached hydrogens (tertiary/aromatic N) is 2. The summed E-state index contributed by atoms with van der Waals surface area (Å²) in [4.78, 5) is 0. The molecule has 4 nitrogen and oxygen atoms in total. The molecule has 0 amide bonds. The summed E-state index contributed by atoms with van der Waals surface area (Å²) in [5.41, 5.74) is 7.60. The van der Waals surface area contributed by atoms with Gasteiger partial charge in [-0.1, -0.05) is 18.2 Å². The zero-order chi connectivity index (χ0) is 11.5. The monoisotopic (exact) mass is 217 g/mol. The molecule has 1 aromatic carbocycles. The summed E-state index contributed by atoms with van der Waals surface area (Å²) in [6.45, 7) is 1.73. The fourth-order valence-electron chi connectivity index (χ4n) is 1.63. The molecule has 1 atom stereocenters. The molecule has 0 saturated heterocycles. The lowest BCUT2D eigenvalue weighted by Crippen LogP contribution is -2.06. The van der Waals surface area contributed by atoms with Crippen LogP contribution in [0.3, 0.4) is 0 Å². The average molecular weight is 217 g/mol. The van der Waals surface area contributed by atoms with Gasteiger partial charge in [0.1, 0.15) is 5.82 Å². The number of aliphatic hydroxyl groups excluding tert-OH is 1. The van der Waals surface area contributed by atoms with Gasteiger partial charge in [-0.05, 0) is 19.1 Å². The molecule has 0 aliphatic heterocycles. The second kappa shape index (κ2) is 4.37. The van der Waals surface area contributed by atoms with Gasteiger partial charge in [0.15, 0.2) is 0 Å². The topological polar surface area (TPSA) is 64.1 Å². The zero-order valence-corrected chi connectivity index (χ0v) is 9.17. The molecule has 0 bridgehead atoms. The first-order chi connectivity index (χ1) is 7.66. The predicted molar refractivity (Wildman–Crippen MR) is 63.4 cm³/mol. The number of para-hydroxylation sites is 1. The van der Waals surface area contributed by atoms with Crippen LogP contribution in [-0.4, -0.2) is 21.0 Å². The normalized spacial score (nSPS) is 12.6. The van der Waals surface area contributed by atoms with E-state index in [0.29, 0.717) is 12.2 Å². The van der Waals surface area contributed by atoms with E-state index in [1.54, 1.807) is 17.7 Å². The van der Waals surface area contributed by atoms with Crippen molar-refractivity contribution in [3.05, 3.63) is 42.1 Å². The van der Waals surface area contributed by atoms with Crippen LogP contribution in [0.4, 0.5) is 5.82 Å². The third-order valence-electron chi connectivity index (χ3n) is 2.29. The lowest BCUT2D eigenvalue weighted by molar-refractivity contribution is 0.194. The molecule has 0 spiro atoms. The molecule has 2 aromatic rings. The van der Waals surface area contributed by atoms with E-state index < -0.39 is 6.10 Å². The lowest BCUT2D eigenvalue weighted by atomic mass is 10.2. The summed E-state index contributed by atoms with van der Waals surface area (Å²) in [5, 5.41) is 13.6. The Hall–Kier alpha value is -1.81. The van der Waals surface area contributed by atoms with Gasteiger partial charge in [-0.3, -0.25) is 0 Å². The van der Waals surface area contributed by atoms with E-state index in [1.165, 1.54) is 0 Å². The Morgan fingerprint density at radius 1 is 1.38 bits per heavy atom. The highest BCUT2D eigenvalue weighted by molar-refractivity contribution is 5.42. The van der Waals surface area contributed by atoms with Crippen molar-refractivity contribution in [2.45, 2.75) is 19.4 Å². The summed E-state index contributed by atoms with van der Waals surface area (Å²) in [7, 11) is 0. The van der Waals surface area contributed by atoms with Crippen molar-refractivity contribution in [3.8, 4) is 5.69 Å².